The highest BCUT2D eigenvalue weighted by molar-refractivity contribution is 5.79. The van der Waals surface area contributed by atoms with Crippen molar-refractivity contribution < 1.29 is 52.7 Å². The lowest BCUT2D eigenvalue weighted by Gasteiger charge is -2.65. The molecule has 6 rings (SSSR count). The second-order valence-electron chi connectivity index (χ2n) is 16.5. The SMILES string of the molecule is CC(=O)NC(C)C(C)(C)C(=O)O[C@H]1C[C@@]2(O)[C@@H](OC(C)=O)[C@@H]3[C@]4(OC(C)=O)CO[C@@H]4C[C@@H]4C[C@@]43[C@@H]3OC(C)(C)O[C@@H]3C(=C1C)C2(C)C. The van der Waals surface area contributed by atoms with Crippen molar-refractivity contribution in [1.29, 1.82) is 0 Å². The number of carbonyl (C=O) groups excluding carboxylic acids is 4. The van der Waals surface area contributed by atoms with Gasteiger partial charge >= 0.3 is 17.9 Å². The predicted octanol–water partition coefficient (Wildman–Crippen LogP) is 3.12. The van der Waals surface area contributed by atoms with Crippen molar-refractivity contribution in [3.63, 3.8) is 0 Å². The number of amides is 1. The first-order valence-electron chi connectivity index (χ1n) is 16.8. The van der Waals surface area contributed by atoms with Gasteiger partial charge < -0.3 is 38.8 Å². The van der Waals surface area contributed by atoms with Crippen LogP contribution in [0.25, 0.3) is 0 Å². The average molecular weight is 662 g/mol. The highest BCUT2D eigenvalue weighted by atomic mass is 16.8. The molecule has 2 N–H and O–H groups in total. The molecule has 11 atom stereocenters. The third-order valence-corrected chi connectivity index (χ3v) is 12.6. The molecule has 2 heterocycles. The van der Waals surface area contributed by atoms with Gasteiger partial charge in [-0.25, -0.2) is 0 Å². The van der Waals surface area contributed by atoms with Crippen molar-refractivity contribution in [2.24, 2.45) is 28.1 Å². The maximum absolute atomic E-state index is 13.9. The topological polar surface area (TPSA) is 156 Å². The summed E-state index contributed by atoms with van der Waals surface area (Å²) in [5.74, 6) is -3.56. The standard InChI is InChI=1S/C35H51NO11/c1-16-22(44-29(40)30(6,7)17(2)36-18(3)37)14-35(41)28(43-19(4)38)26-33(13-21(33)12-23-34(26,15-42-23)45-20(5)39)27-25(24(16)31(35,8)9)46-32(10,11)47-27/h17,21-23,25-28,41H,12-15H2,1-11H3,(H,36,37)/t17?,21-,22+,23-,25-,26+,27-,28+,33-,34+,35-/m1/s1. The molecular formula is C35H51NO11. The third-order valence-electron chi connectivity index (χ3n) is 12.6. The minimum Gasteiger partial charge on any atom is -0.459 e. The van der Waals surface area contributed by atoms with E-state index in [2.05, 4.69) is 5.32 Å². The zero-order valence-corrected chi connectivity index (χ0v) is 29.5. The first-order chi connectivity index (χ1) is 21.5. The fourth-order valence-electron chi connectivity index (χ4n) is 9.88. The normalized spacial score (nSPS) is 42.9. The maximum atomic E-state index is 13.9. The minimum atomic E-state index is -1.82. The van der Waals surface area contributed by atoms with E-state index in [1.807, 2.05) is 34.6 Å². The van der Waals surface area contributed by atoms with E-state index < -0.39 is 93.6 Å². The summed E-state index contributed by atoms with van der Waals surface area (Å²) in [6.45, 7) is 18.7. The summed E-state index contributed by atoms with van der Waals surface area (Å²) in [7, 11) is 0. The van der Waals surface area contributed by atoms with Gasteiger partial charge in [0.25, 0.3) is 0 Å². The Bertz CT molecular complexity index is 1430. The van der Waals surface area contributed by atoms with Crippen molar-refractivity contribution in [2.45, 2.75) is 149 Å². The molecule has 0 aromatic carbocycles. The summed E-state index contributed by atoms with van der Waals surface area (Å²) in [5, 5.41) is 16.1. The molecule has 0 aromatic heterocycles. The second-order valence-corrected chi connectivity index (χ2v) is 16.5. The number of aliphatic hydroxyl groups is 1. The van der Waals surface area contributed by atoms with Crippen molar-refractivity contribution in [3.8, 4) is 0 Å². The largest absolute Gasteiger partial charge is 0.459 e. The fourth-order valence-corrected chi connectivity index (χ4v) is 9.88. The van der Waals surface area contributed by atoms with Gasteiger partial charge in [0.05, 0.1) is 24.0 Å². The van der Waals surface area contributed by atoms with E-state index >= 15 is 0 Å². The summed E-state index contributed by atoms with van der Waals surface area (Å²) < 4.78 is 38.4. The molecule has 0 radical (unpaired) electrons. The molecule has 2 aliphatic heterocycles. The zero-order chi connectivity index (χ0) is 34.9. The van der Waals surface area contributed by atoms with Crippen LogP contribution in [0.3, 0.4) is 0 Å². The van der Waals surface area contributed by atoms with Crippen LogP contribution < -0.4 is 5.32 Å². The number of hydrogen-bond donors (Lipinski definition) is 2. The zero-order valence-electron chi connectivity index (χ0n) is 29.5. The Hall–Kier alpha value is -2.54. The molecule has 12 heteroatoms. The number of nitrogens with one attached hydrogen (secondary N) is 1. The smallest absolute Gasteiger partial charge is 0.314 e. The second kappa shape index (κ2) is 10.5. The monoisotopic (exact) mass is 661 g/mol. The van der Waals surface area contributed by atoms with E-state index in [0.717, 1.165) is 11.1 Å². The summed E-state index contributed by atoms with van der Waals surface area (Å²) in [5.41, 5.74) is -4.40. The minimum absolute atomic E-state index is 0.0840. The van der Waals surface area contributed by atoms with E-state index in [9.17, 15) is 24.3 Å². The van der Waals surface area contributed by atoms with Crippen LogP contribution in [0.5, 0.6) is 0 Å². The summed E-state index contributed by atoms with van der Waals surface area (Å²) in [6.07, 6.45) is -2.52. The number of rotatable bonds is 6. The molecule has 1 spiro atoms. The molecule has 4 aliphatic carbocycles. The van der Waals surface area contributed by atoms with Crippen LogP contribution in [0.4, 0.5) is 0 Å². The van der Waals surface area contributed by atoms with Gasteiger partial charge in [0.15, 0.2) is 11.4 Å². The summed E-state index contributed by atoms with van der Waals surface area (Å²) in [4.78, 5) is 51.5. The van der Waals surface area contributed by atoms with E-state index in [1.54, 1.807) is 20.8 Å². The molecule has 12 nitrogen and oxygen atoms in total. The van der Waals surface area contributed by atoms with Crippen molar-refractivity contribution in [3.05, 3.63) is 11.1 Å². The Labute approximate surface area is 276 Å². The van der Waals surface area contributed by atoms with Crippen LogP contribution in [0.1, 0.15) is 95.4 Å². The van der Waals surface area contributed by atoms with Gasteiger partial charge in [0.2, 0.25) is 5.91 Å². The van der Waals surface area contributed by atoms with Crippen LogP contribution in [0, 0.1) is 28.1 Å². The van der Waals surface area contributed by atoms with E-state index in [4.69, 9.17) is 28.4 Å². The van der Waals surface area contributed by atoms with E-state index in [1.165, 1.54) is 20.8 Å². The molecule has 3 saturated carbocycles. The molecule has 2 saturated heterocycles. The number of esters is 3. The van der Waals surface area contributed by atoms with E-state index in [-0.39, 0.29) is 24.9 Å². The Kier molecular flexibility index (Phi) is 7.66. The van der Waals surface area contributed by atoms with Gasteiger partial charge in [-0.3, -0.25) is 19.2 Å². The van der Waals surface area contributed by atoms with Crippen LogP contribution >= 0.6 is 0 Å². The lowest BCUT2D eigenvalue weighted by atomic mass is 9.48. The van der Waals surface area contributed by atoms with Gasteiger partial charge in [-0.1, -0.05) is 13.8 Å². The van der Waals surface area contributed by atoms with Crippen molar-refractivity contribution >= 4 is 23.8 Å². The molecule has 262 valence electrons. The van der Waals surface area contributed by atoms with Gasteiger partial charge in [0.1, 0.15) is 30.0 Å². The first kappa shape index (κ1) is 34.3. The molecule has 1 amide bonds. The number of fused-ring (bicyclic) bond motifs is 6. The lowest BCUT2D eigenvalue weighted by Crippen LogP contribution is -2.78. The average Bonchev–Trinajstić information content (AvgIpc) is 3.55. The van der Waals surface area contributed by atoms with Gasteiger partial charge in [-0.15, -0.1) is 0 Å². The van der Waals surface area contributed by atoms with Crippen molar-refractivity contribution in [1.82, 2.24) is 5.32 Å². The quantitative estimate of drug-likeness (QED) is 0.245. The first-order valence-corrected chi connectivity index (χ1v) is 16.8. The number of carbonyl (C=O) groups is 4. The maximum Gasteiger partial charge on any atom is 0.314 e. The fraction of sp³-hybridized carbons (Fsp3) is 0.829. The van der Waals surface area contributed by atoms with Crippen molar-refractivity contribution in [2.75, 3.05) is 6.61 Å². The molecule has 0 aromatic rings. The van der Waals surface area contributed by atoms with Gasteiger partial charge in [-0.2, -0.15) is 0 Å². The molecule has 47 heavy (non-hydrogen) atoms. The van der Waals surface area contributed by atoms with E-state index in [0.29, 0.717) is 12.8 Å². The van der Waals surface area contributed by atoms with Crippen LogP contribution in [-0.2, 0) is 47.6 Å². The number of hydrogen-bond acceptors (Lipinski definition) is 11. The highest BCUT2D eigenvalue weighted by Crippen LogP contribution is 2.77. The number of ether oxygens (including phenoxy) is 6. The summed E-state index contributed by atoms with van der Waals surface area (Å²) in [6, 6.07) is -0.548. The van der Waals surface area contributed by atoms with Crippen LogP contribution in [0.15, 0.2) is 11.1 Å². The molecule has 1 unspecified atom stereocenters. The Morgan fingerprint density at radius 1 is 1.00 bits per heavy atom. The molecule has 2 bridgehead atoms. The lowest BCUT2D eigenvalue weighted by molar-refractivity contribution is -0.335. The summed E-state index contributed by atoms with van der Waals surface area (Å²) >= 11 is 0. The van der Waals surface area contributed by atoms with Crippen LogP contribution in [0.2, 0.25) is 0 Å². The Morgan fingerprint density at radius 2 is 1.66 bits per heavy atom. The predicted molar refractivity (Wildman–Crippen MR) is 165 cm³/mol. The van der Waals surface area contributed by atoms with Gasteiger partial charge in [0, 0.05) is 44.1 Å². The Balaban J connectivity index is 1.55. The molecule has 5 fully saturated rings. The molecular weight excluding hydrogens is 610 g/mol. The third kappa shape index (κ3) is 4.75. The van der Waals surface area contributed by atoms with Crippen LogP contribution in [-0.4, -0.2) is 89.1 Å². The Morgan fingerprint density at radius 3 is 2.21 bits per heavy atom. The van der Waals surface area contributed by atoms with Gasteiger partial charge in [-0.05, 0) is 71.4 Å². The molecule has 6 aliphatic rings. The highest BCUT2D eigenvalue weighted by Gasteiger charge is 2.85.